The first-order valence-corrected chi connectivity index (χ1v) is 9.70. The van der Waals surface area contributed by atoms with Crippen molar-refractivity contribution in [3.63, 3.8) is 0 Å². The average molecular weight is 391 g/mol. The van der Waals surface area contributed by atoms with E-state index in [1.165, 1.54) is 6.07 Å². The van der Waals surface area contributed by atoms with Crippen LogP contribution < -0.4 is 5.32 Å². The molecule has 3 rings (SSSR count). The van der Waals surface area contributed by atoms with Crippen LogP contribution in [0.5, 0.6) is 0 Å². The maximum atomic E-state index is 13.2. The zero-order chi connectivity index (χ0) is 20.1. The smallest absolute Gasteiger partial charge is 0.220 e. The Morgan fingerprint density at radius 3 is 2.86 bits per heavy atom. The van der Waals surface area contributed by atoms with Crippen molar-refractivity contribution >= 4 is 5.91 Å². The molecule has 1 N–H and O–H groups in total. The first kappa shape index (κ1) is 20.4. The van der Waals surface area contributed by atoms with Gasteiger partial charge in [-0.25, -0.2) is 13.8 Å². The molecule has 6 nitrogen and oxygen atoms in total. The summed E-state index contributed by atoms with van der Waals surface area (Å²) in [5.41, 5.74) is 0.551. The van der Waals surface area contributed by atoms with E-state index in [0.717, 1.165) is 62.7 Å². The van der Waals surface area contributed by atoms with E-state index >= 15 is 0 Å². The Balaban J connectivity index is 1.41. The summed E-state index contributed by atoms with van der Waals surface area (Å²) in [6.45, 7) is 4.85. The fraction of sp³-hybridized carbons (Fsp3) is 0.550. The zero-order valence-corrected chi connectivity index (χ0v) is 16.4. The van der Waals surface area contributed by atoms with Gasteiger partial charge in [0.15, 0.2) is 11.6 Å². The van der Waals surface area contributed by atoms with Crippen LogP contribution in [0, 0.1) is 24.5 Å². The lowest BCUT2D eigenvalue weighted by Gasteiger charge is -2.32. The molecule has 0 bridgehead atoms. The van der Waals surface area contributed by atoms with Crippen molar-refractivity contribution in [3.8, 4) is 0 Å². The molecule has 1 amide bonds. The van der Waals surface area contributed by atoms with E-state index in [2.05, 4.69) is 20.3 Å². The SMILES string of the molecule is Cc1nc(CN2CCC[C@@H](CCC(=O)NCc3ccc(F)c(F)c3)C2)n(C)n1. The molecule has 8 heteroatoms. The molecule has 152 valence electrons. The summed E-state index contributed by atoms with van der Waals surface area (Å²) in [7, 11) is 1.91. The molecule has 2 aromatic rings. The van der Waals surface area contributed by atoms with E-state index < -0.39 is 11.6 Å². The number of aryl methyl sites for hydroxylation is 2. The van der Waals surface area contributed by atoms with E-state index in [0.29, 0.717) is 17.9 Å². The van der Waals surface area contributed by atoms with Crippen LogP contribution in [0.25, 0.3) is 0 Å². The number of benzene rings is 1. The van der Waals surface area contributed by atoms with Gasteiger partial charge in [0.2, 0.25) is 5.91 Å². The van der Waals surface area contributed by atoms with Crippen molar-refractivity contribution in [1.82, 2.24) is 25.0 Å². The summed E-state index contributed by atoms with van der Waals surface area (Å²) in [6, 6.07) is 3.67. The number of carbonyl (C=O) groups excluding carboxylic acids is 1. The van der Waals surface area contributed by atoms with Gasteiger partial charge in [-0.3, -0.25) is 14.4 Å². The Labute approximate surface area is 163 Å². The molecule has 1 aromatic carbocycles. The van der Waals surface area contributed by atoms with Gasteiger partial charge >= 0.3 is 0 Å². The van der Waals surface area contributed by atoms with Gasteiger partial charge in [0.05, 0.1) is 6.54 Å². The predicted molar refractivity (Wildman–Crippen MR) is 101 cm³/mol. The highest BCUT2D eigenvalue weighted by molar-refractivity contribution is 5.75. The molecular weight excluding hydrogens is 364 g/mol. The second kappa shape index (κ2) is 9.23. The maximum absolute atomic E-state index is 13.2. The molecule has 0 aliphatic carbocycles. The van der Waals surface area contributed by atoms with E-state index in [-0.39, 0.29) is 12.5 Å². The van der Waals surface area contributed by atoms with Crippen LogP contribution in [-0.2, 0) is 24.9 Å². The Hall–Kier alpha value is -2.35. The van der Waals surface area contributed by atoms with Crippen LogP contribution in [-0.4, -0.2) is 38.7 Å². The lowest BCUT2D eigenvalue weighted by molar-refractivity contribution is -0.121. The largest absolute Gasteiger partial charge is 0.352 e. The first-order chi connectivity index (χ1) is 13.4. The lowest BCUT2D eigenvalue weighted by Crippen LogP contribution is -2.36. The van der Waals surface area contributed by atoms with Crippen molar-refractivity contribution in [2.75, 3.05) is 13.1 Å². The highest BCUT2D eigenvalue weighted by Gasteiger charge is 2.22. The van der Waals surface area contributed by atoms with E-state index in [4.69, 9.17) is 0 Å². The molecule has 1 atom stereocenters. The molecule has 1 fully saturated rings. The van der Waals surface area contributed by atoms with Crippen molar-refractivity contribution in [1.29, 1.82) is 0 Å². The number of amides is 1. The third-order valence-corrected chi connectivity index (χ3v) is 5.18. The van der Waals surface area contributed by atoms with E-state index in [1.54, 1.807) is 0 Å². The molecule has 1 aliphatic rings. The third kappa shape index (κ3) is 5.58. The fourth-order valence-corrected chi connectivity index (χ4v) is 3.70. The average Bonchev–Trinajstić information content (AvgIpc) is 2.98. The quantitative estimate of drug-likeness (QED) is 0.788. The summed E-state index contributed by atoms with van der Waals surface area (Å²) in [5.74, 6) is 0.370. The lowest BCUT2D eigenvalue weighted by atomic mass is 9.93. The van der Waals surface area contributed by atoms with Gasteiger partial charge in [-0.15, -0.1) is 0 Å². The summed E-state index contributed by atoms with van der Waals surface area (Å²) < 4.78 is 28.0. The molecule has 0 saturated carbocycles. The minimum atomic E-state index is -0.896. The number of halogens is 2. The number of carbonyl (C=O) groups is 1. The van der Waals surface area contributed by atoms with Crippen LogP contribution in [0.2, 0.25) is 0 Å². The van der Waals surface area contributed by atoms with E-state index in [1.807, 2.05) is 18.7 Å². The molecule has 1 aliphatic heterocycles. The number of nitrogens with zero attached hydrogens (tertiary/aromatic N) is 4. The van der Waals surface area contributed by atoms with Gasteiger partial charge in [-0.05, 0) is 56.3 Å². The summed E-state index contributed by atoms with van der Waals surface area (Å²) in [4.78, 5) is 19.0. The van der Waals surface area contributed by atoms with Gasteiger partial charge in [0.1, 0.15) is 11.6 Å². The minimum absolute atomic E-state index is 0.0641. The van der Waals surface area contributed by atoms with Crippen LogP contribution in [0.3, 0.4) is 0 Å². The highest BCUT2D eigenvalue weighted by Crippen LogP contribution is 2.22. The molecular formula is C20H27F2N5O. The summed E-state index contributed by atoms with van der Waals surface area (Å²) in [6.07, 6.45) is 3.48. The minimum Gasteiger partial charge on any atom is -0.352 e. The monoisotopic (exact) mass is 391 g/mol. The number of hydrogen-bond donors (Lipinski definition) is 1. The zero-order valence-electron chi connectivity index (χ0n) is 16.4. The van der Waals surface area contributed by atoms with Crippen LogP contribution in [0.1, 0.15) is 42.9 Å². The number of piperidine rings is 1. The Kier molecular flexibility index (Phi) is 6.72. The van der Waals surface area contributed by atoms with Crippen molar-refractivity contribution < 1.29 is 13.6 Å². The second-order valence-corrected chi connectivity index (χ2v) is 7.51. The first-order valence-electron chi connectivity index (χ1n) is 9.70. The Morgan fingerprint density at radius 1 is 1.32 bits per heavy atom. The standard InChI is InChI=1S/C20H27F2N5O/c1-14-24-19(26(2)25-14)13-27-9-3-4-15(12-27)6-8-20(28)23-11-16-5-7-17(21)18(22)10-16/h5,7,10,15H,3-4,6,8-9,11-13H2,1-2H3,(H,23,28)/t15-/m0/s1. The number of hydrogen-bond acceptors (Lipinski definition) is 4. The summed E-state index contributed by atoms with van der Waals surface area (Å²) in [5, 5.41) is 7.08. The number of rotatable bonds is 7. The van der Waals surface area contributed by atoms with Gasteiger partial charge in [-0.1, -0.05) is 6.07 Å². The molecule has 1 saturated heterocycles. The van der Waals surface area contributed by atoms with Gasteiger partial charge in [0, 0.05) is 26.6 Å². The molecule has 1 aromatic heterocycles. The number of nitrogens with one attached hydrogen (secondary N) is 1. The van der Waals surface area contributed by atoms with E-state index in [9.17, 15) is 13.6 Å². The molecule has 28 heavy (non-hydrogen) atoms. The Bertz CT molecular complexity index is 823. The number of aromatic nitrogens is 3. The Morgan fingerprint density at radius 2 is 2.14 bits per heavy atom. The normalized spacial score (nSPS) is 17.6. The molecule has 2 heterocycles. The van der Waals surface area contributed by atoms with Gasteiger partial charge in [-0.2, -0.15) is 5.10 Å². The molecule has 0 spiro atoms. The predicted octanol–water partition coefficient (Wildman–Crippen LogP) is 2.71. The highest BCUT2D eigenvalue weighted by atomic mass is 19.2. The maximum Gasteiger partial charge on any atom is 0.220 e. The van der Waals surface area contributed by atoms with Crippen molar-refractivity contribution in [3.05, 3.63) is 47.0 Å². The third-order valence-electron chi connectivity index (χ3n) is 5.18. The van der Waals surface area contributed by atoms with Crippen molar-refractivity contribution in [2.24, 2.45) is 13.0 Å². The van der Waals surface area contributed by atoms with Crippen LogP contribution in [0.4, 0.5) is 8.78 Å². The molecule has 0 unspecified atom stereocenters. The van der Waals surface area contributed by atoms with Crippen molar-refractivity contribution in [2.45, 2.75) is 45.7 Å². The fourth-order valence-electron chi connectivity index (χ4n) is 3.70. The van der Waals surface area contributed by atoms with Crippen LogP contribution in [0.15, 0.2) is 18.2 Å². The van der Waals surface area contributed by atoms with Gasteiger partial charge in [0.25, 0.3) is 0 Å². The summed E-state index contributed by atoms with van der Waals surface area (Å²) >= 11 is 0. The van der Waals surface area contributed by atoms with Gasteiger partial charge < -0.3 is 5.32 Å². The van der Waals surface area contributed by atoms with Crippen LogP contribution >= 0.6 is 0 Å². The number of likely N-dealkylation sites (tertiary alicyclic amines) is 1. The molecule has 0 radical (unpaired) electrons. The topological polar surface area (TPSA) is 63.1 Å². The second-order valence-electron chi connectivity index (χ2n) is 7.51.